The molecule has 0 N–H and O–H groups in total. The number of carbonyl (C=O) groups is 1. The van der Waals surface area contributed by atoms with Gasteiger partial charge in [0.1, 0.15) is 11.5 Å². The van der Waals surface area contributed by atoms with Gasteiger partial charge >= 0.3 is 5.97 Å². The summed E-state index contributed by atoms with van der Waals surface area (Å²) in [6.07, 6.45) is 12.8. The molecule has 182 valence electrons. The van der Waals surface area contributed by atoms with Gasteiger partial charge in [0.25, 0.3) is 0 Å². The fourth-order valence-corrected chi connectivity index (χ4v) is 3.47. The van der Waals surface area contributed by atoms with E-state index in [1.165, 1.54) is 63.5 Å². The Morgan fingerprint density at radius 1 is 0.697 bits per heavy atom. The lowest BCUT2D eigenvalue weighted by Crippen LogP contribution is -2.09. The Morgan fingerprint density at radius 2 is 1.24 bits per heavy atom. The van der Waals surface area contributed by atoms with Crippen molar-refractivity contribution in [2.75, 3.05) is 13.2 Å². The molecule has 0 atom stereocenters. The highest BCUT2D eigenvalue weighted by Gasteiger charge is 2.13. The number of unbranched alkanes of at least 4 members (excludes halogenated alkanes) is 9. The molecule has 2 aromatic rings. The molecule has 0 aliphatic carbocycles. The topological polar surface area (TPSA) is 44.8 Å². The molecule has 0 spiro atoms. The highest BCUT2D eigenvalue weighted by Crippen LogP contribution is 2.22. The van der Waals surface area contributed by atoms with Crippen molar-refractivity contribution >= 4 is 5.97 Å². The van der Waals surface area contributed by atoms with Crippen LogP contribution in [0.25, 0.3) is 0 Å². The molecular weight excluding hydrogens is 419 g/mol. The predicted molar refractivity (Wildman–Crippen MR) is 131 cm³/mol. The zero-order chi connectivity index (χ0) is 23.7. The zero-order valence-electron chi connectivity index (χ0n) is 20.2. The second-order valence-electron chi connectivity index (χ2n) is 8.39. The molecule has 0 saturated carbocycles. The molecule has 0 saturated heterocycles. The summed E-state index contributed by atoms with van der Waals surface area (Å²) in [5.74, 6) is 0.123. The van der Waals surface area contributed by atoms with Crippen molar-refractivity contribution in [3.63, 3.8) is 0 Å². The van der Waals surface area contributed by atoms with Crippen molar-refractivity contribution in [2.45, 2.75) is 84.5 Å². The van der Waals surface area contributed by atoms with Crippen LogP contribution < -0.4 is 14.2 Å². The quantitative estimate of drug-likeness (QED) is 0.136. The van der Waals surface area contributed by atoms with E-state index in [9.17, 15) is 9.18 Å². The van der Waals surface area contributed by atoms with Gasteiger partial charge < -0.3 is 14.2 Å². The SMILES string of the molecule is CCCCCCCCOc1ccc(C(=O)Oc2ccc(OCCCCCCC)cc2)cc1F. The van der Waals surface area contributed by atoms with Gasteiger partial charge in [-0.2, -0.15) is 0 Å². The largest absolute Gasteiger partial charge is 0.494 e. The first-order valence-electron chi connectivity index (χ1n) is 12.5. The van der Waals surface area contributed by atoms with E-state index in [2.05, 4.69) is 13.8 Å². The van der Waals surface area contributed by atoms with Crippen molar-refractivity contribution in [1.29, 1.82) is 0 Å². The van der Waals surface area contributed by atoms with Crippen LogP contribution in [0.1, 0.15) is 94.8 Å². The number of benzene rings is 2. The van der Waals surface area contributed by atoms with Crippen molar-refractivity contribution < 1.29 is 23.4 Å². The minimum Gasteiger partial charge on any atom is -0.494 e. The minimum atomic E-state index is -0.610. The van der Waals surface area contributed by atoms with Gasteiger partial charge in [0.05, 0.1) is 18.8 Å². The summed E-state index contributed by atoms with van der Waals surface area (Å²) in [7, 11) is 0. The smallest absolute Gasteiger partial charge is 0.343 e. The van der Waals surface area contributed by atoms with Crippen LogP contribution in [0, 0.1) is 5.82 Å². The van der Waals surface area contributed by atoms with Gasteiger partial charge in [0.2, 0.25) is 0 Å². The molecular formula is C28H39FO4. The van der Waals surface area contributed by atoms with E-state index >= 15 is 0 Å². The Kier molecular flexibility index (Phi) is 13.0. The third-order valence-corrected chi connectivity index (χ3v) is 5.47. The van der Waals surface area contributed by atoms with Gasteiger partial charge in [0.15, 0.2) is 11.6 Å². The molecule has 0 aromatic heterocycles. The minimum absolute atomic E-state index is 0.145. The number of hydrogen-bond acceptors (Lipinski definition) is 4. The normalized spacial score (nSPS) is 10.8. The first-order chi connectivity index (χ1) is 16.1. The summed E-state index contributed by atoms with van der Waals surface area (Å²) >= 11 is 0. The summed E-state index contributed by atoms with van der Waals surface area (Å²) in [4.78, 5) is 12.4. The molecule has 2 aromatic carbocycles. The molecule has 0 bridgehead atoms. The fraction of sp³-hybridized carbons (Fsp3) is 0.536. The maximum atomic E-state index is 14.3. The molecule has 0 unspecified atom stereocenters. The van der Waals surface area contributed by atoms with Crippen LogP contribution in [0.4, 0.5) is 4.39 Å². The van der Waals surface area contributed by atoms with Crippen molar-refractivity contribution in [3.8, 4) is 17.2 Å². The molecule has 0 radical (unpaired) electrons. The summed E-state index contributed by atoms with van der Waals surface area (Å²) in [5, 5.41) is 0. The summed E-state index contributed by atoms with van der Waals surface area (Å²) in [6.45, 7) is 5.53. The van der Waals surface area contributed by atoms with Gasteiger partial charge in [-0.1, -0.05) is 71.6 Å². The first kappa shape index (κ1) is 26.7. The van der Waals surface area contributed by atoms with E-state index in [0.717, 1.165) is 31.1 Å². The maximum Gasteiger partial charge on any atom is 0.343 e. The highest BCUT2D eigenvalue weighted by atomic mass is 19.1. The van der Waals surface area contributed by atoms with E-state index in [1.807, 2.05) is 0 Å². The number of halogens is 1. The van der Waals surface area contributed by atoms with Crippen LogP contribution in [0.15, 0.2) is 42.5 Å². The van der Waals surface area contributed by atoms with E-state index in [0.29, 0.717) is 19.0 Å². The predicted octanol–water partition coefficient (Wildman–Crippen LogP) is 8.13. The van der Waals surface area contributed by atoms with Crippen LogP contribution in [0.3, 0.4) is 0 Å². The summed E-state index contributed by atoms with van der Waals surface area (Å²) in [5.41, 5.74) is 0.145. The van der Waals surface area contributed by atoms with Crippen LogP contribution in [-0.4, -0.2) is 19.2 Å². The Balaban J connectivity index is 1.74. The molecule has 33 heavy (non-hydrogen) atoms. The van der Waals surface area contributed by atoms with Crippen LogP contribution in [-0.2, 0) is 0 Å². The lowest BCUT2D eigenvalue weighted by Gasteiger charge is -2.10. The summed E-state index contributed by atoms with van der Waals surface area (Å²) in [6, 6.07) is 11.1. The molecule has 0 heterocycles. The lowest BCUT2D eigenvalue weighted by atomic mass is 10.1. The number of esters is 1. The Labute approximate surface area is 198 Å². The second kappa shape index (κ2) is 16.1. The average molecular weight is 459 g/mol. The third-order valence-electron chi connectivity index (χ3n) is 5.47. The fourth-order valence-electron chi connectivity index (χ4n) is 3.47. The van der Waals surface area contributed by atoms with Crippen LogP contribution >= 0.6 is 0 Å². The van der Waals surface area contributed by atoms with Crippen molar-refractivity contribution in [2.24, 2.45) is 0 Å². The highest BCUT2D eigenvalue weighted by molar-refractivity contribution is 5.91. The van der Waals surface area contributed by atoms with Crippen molar-refractivity contribution in [3.05, 3.63) is 53.8 Å². The van der Waals surface area contributed by atoms with E-state index in [-0.39, 0.29) is 11.3 Å². The molecule has 2 rings (SSSR count). The number of rotatable bonds is 17. The van der Waals surface area contributed by atoms with E-state index in [1.54, 1.807) is 24.3 Å². The van der Waals surface area contributed by atoms with Crippen molar-refractivity contribution in [1.82, 2.24) is 0 Å². The average Bonchev–Trinajstić information content (AvgIpc) is 2.82. The number of ether oxygens (including phenoxy) is 3. The lowest BCUT2D eigenvalue weighted by molar-refractivity contribution is 0.0734. The van der Waals surface area contributed by atoms with Gasteiger partial charge in [-0.05, 0) is 55.3 Å². The Morgan fingerprint density at radius 3 is 1.85 bits per heavy atom. The van der Waals surface area contributed by atoms with Gasteiger partial charge in [0, 0.05) is 0 Å². The zero-order valence-corrected chi connectivity index (χ0v) is 20.2. The van der Waals surface area contributed by atoms with Gasteiger partial charge in [-0.15, -0.1) is 0 Å². The number of carbonyl (C=O) groups excluding carboxylic acids is 1. The monoisotopic (exact) mass is 458 g/mol. The maximum absolute atomic E-state index is 14.3. The molecule has 0 fully saturated rings. The number of hydrogen-bond donors (Lipinski definition) is 0. The van der Waals surface area contributed by atoms with Gasteiger partial charge in [-0.3, -0.25) is 0 Å². The molecule has 4 nitrogen and oxygen atoms in total. The Hall–Kier alpha value is -2.56. The van der Waals surface area contributed by atoms with E-state index in [4.69, 9.17) is 14.2 Å². The van der Waals surface area contributed by atoms with Gasteiger partial charge in [-0.25, -0.2) is 9.18 Å². The molecule has 0 aliphatic heterocycles. The third kappa shape index (κ3) is 10.7. The second-order valence-corrected chi connectivity index (χ2v) is 8.39. The Bertz CT molecular complexity index is 804. The van der Waals surface area contributed by atoms with Crippen LogP contribution in [0.2, 0.25) is 0 Å². The first-order valence-corrected chi connectivity index (χ1v) is 12.5. The van der Waals surface area contributed by atoms with E-state index < -0.39 is 11.8 Å². The molecule has 0 amide bonds. The standard InChI is InChI=1S/C28H39FO4/c1-3-5-7-9-11-13-21-32-27-19-14-23(22-26(27)29)28(30)33-25-17-15-24(16-18-25)31-20-12-10-8-6-4-2/h14-19,22H,3-13,20-21H2,1-2H3. The molecule has 0 aliphatic rings. The molecule has 5 heteroatoms. The summed E-state index contributed by atoms with van der Waals surface area (Å²) < 4.78 is 31.0. The van der Waals surface area contributed by atoms with Crippen LogP contribution in [0.5, 0.6) is 17.2 Å².